The van der Waals surface area contributed by atoms with Gasteiger partial charge in [-0.05, 0) is 50.3 Å². The molecule has 0 aliphatic carbocycles. The number of piperidine rings is 1. The van der Waals surface area contributed by atoms with Gasteiger partial charge in [0.05, 0.1) is 7.11 Å². The van der Waals surface area contributed by atoms with Crippen LogP contribution in [0, 0.1) is 0 Å². The number of likely N-dealkylation sites (N-methyl/N-ethyl adjacent to an activating group) is 1. The van der Waals surface area contributed by atoms with Gasteiger partial charge in [0.25, 0.3) is 10.2 Å². The van der Waals surface area contributed by atoms with Crippen molar-refractivity contribution in [3.8, 4) is 5.75 Å². The third kappa shape index (κ3) is 3.72. The van der Waals surface area contributed by atoms with Crippen molar-refractivity contribution < 1.29 is 17.9 Å². The zero-order valence-corrected chi connectivity index (χ0v) is 16.3. The molecule has 2 saturated heterocycles. The Balaban J connectivity index is 1.85. The Hall–Kier alpha value is -1.64. The molecule has 1 aromatic carbocycles. The number of methoxy groups -OCH3 is 1. The maximum Gasteiger partial charge on any atom is 0.280 e. The molecular formula is C18H27N3O4S. The summed E-state index contributed by atoms with van der Waals surface area (Å²) in [6, 6.07) is 6.30. The zero-order chi connectivity index (χ0) is 18.9. The summed E-state index contributed by atoms with van der Waals surface area (Å²) in [4.78, 5) is 15.0. The predicted molar refractivity (Wildman–Crippen MR) is 99.0 cm³/mol. The molecule has 0 aromatic heterocycles. The van der Waals surface area contributed by atoms with E-state index in [0.29, 0.717) is 18.7 Å². The summed E-state index contributed by atoms with van der Waals surface area (Å²) in [5.74, 6) is 0.614. The van der Waals surface area contributed by atoms with E-state index in [1.165, 1.54) is 11.4 Å². The third-order valence-corrected chi connectivity index (χ3v) is 7.05. The van der Waals surface area contributed by atoms with Gasteiger partial charge in [-0.25, -0.2) is 0 Å². The van der Waals surface area contributed by atoms with E-state index in [1.807, 2.05) is 24.0 Å². The predicted octanol–water partition coefficient (Wildman–Crippen LogP) is 1.68. The van der Waals surface area contributed by atoms with Crippen LogP contribution in [0.15, 0.2) is 24.3 Å². The van der Waals surface area contributed by atoms with Gasteiger partial charge < -0.3 is 9.64 Å². The van der Waals surface area contributed by atoms with Crippen molar-refractivity contribution in [2.45, 2.75) is 50.7 Å². The molecule has 3 unspecified atom stereocenters. The fourth-order valence-electron chi connectivity index (χ4n) is 3.76. The van der Waals surface area contributed by atoms with Crippen LogP contribution in [0.25, 0.3) is 0 Å². The van der Waals surface area contributed by atoms with Crippen molar-refractivity contribution in [3.63, 3.8) is 0 Å². The van der Waals surface area contributed by atoms with Gasteiger partial charge in [0.1, 0.15) is 11.8 Å². The van der Waals surface area contributed by atoms with Gasteiger partial charge in [-0.2, -0.15) is 17.4 Å². The monoisotopic (exact) mass is 381 g/mol. The molecular weight excluding hydrogens is 354 g/mol. The van der Waals surface area contributed by atoms with Crippen LogP contribution in [0.1, 0.15) is 44.2 Å². The van der Waals surface area contributed by atoms with Crippen LogP contribution in [0.4, 0.5) is 0 Å². The van der Waals surface area contributed by atoms with Crippen LogP contribution in [-0.2, 0) is 15.0 Å². The number of nitrogens with one attached hydrogen (secondary N) is 1. The molecule has 2 heterocycles. The van der Waals surface area contributed by atoms with Crippen molar-refractivity contribution in [2.24, 2.45) is 0 Å². The molecule has 144 valence electrons. The number of likely N-dealkylation sites (tertiary alicyclic amines) is 1. The average Bonchev–Trinajstić information content (AvgIpc) is 2.63. The number of nitrogens with zero attached hydrogens (tertiary/aromatic N) is 2. The number of amides is 1. The minimum absolute atomic E-state index is 0.0942. The van der Waals surface area contributed by atoms with Gasteiger partial charge in [0.15, 0.2) is 0 Å². The largest absolute Gasteiger partial charge is 0.497 e. The Morgan fingerprint density at radius 2 is 1.92 bits per heavy atom. The van der Waals surface area contributed by atoms with E-state index < -0.39 is 22.3 Å². The van der Waals surface area contributed by atoms with Gasteiger partial charge in [-0.3, -0.25) is 4.79 Å². The normalized spacial score (nSPS) is 29.3. The summed E-state index contributed by atoms with van der Waals surface area (Å²) in [5, 5.41) is 0. The second-order valence-corrected chi connectivity index (χ2v) is 8.85. The van der Waals surface area contributed by atoms with Crippen molar-refractivity contribution in [3.05, 3.63) is 29.8 Å². The van der Waals surface area contributed by atoms with Gasteiger partial charge in [0.2, 0.25) is 5.91 Å². The molecule has 3 atom stereocenters. The maximum absolute atomic E-state index is 13.1. The highest BCUT2D eigenvalue weighted by molar-refractivity contribution is 7.87. The van der Waals surface area contributed by atoms with Crippen molar-refractivity contribution in [2.75, 3.05) is 20.7 Å². The second kappa shape index (κ2) is 7.54. The Labute approximate surface area is 155 Å². The Bertz CT molecular complexity index is 750. The molecule has 1 N–H and O–H groups in total. The van der Waals surface area contributed by atoms with Gasteiger partial charge in [-0.1, -0.05) is 12.1 Å². The fourth-order valence-corrected chi connectivity index (χ4v) is 5.03. The third-order valence-electron chi connectivity index (χ3n) is 5.46. The van der Waals surface area contributed by atoms with Crippen molar-refractivity contribution in [1.82, 2.24) is 13.9 Å². The van der Waals surface area contributed by atoms with Crippen LogP contribution >= 0.6 is 0 Å². The molecule has 2 fully saturated rings. The highest BCUT2D eigenvalue weighted by Gasteiger charge is 2.43. The molecule has 7 nitrogen and oxygen atoms in total. The van der Waals surface area contributed by atoms with Gasteiger partial charge in [0, 0.05) is 25.7 Å². The molecule has 0 bridgehead atoms. The molecule has 1 aromatic rings. The lowest BCUT2D eigenvalue weighted by Gasteiger charge is -2.41. The standard InChI is InChI=1S/C18H27N3O4S/c1-13-6-4-5-11-21(13)18(22)17-12-16(19-26(23,24)20(17)2)14-7-9-15(25-3)10-8-14/h7-10,13,16-17,19H,4-6,11-12H2,1-3H3. The topological polar surface area (TPSA) is 79.0 Å². The molecule has 8 heteroatoms. The minimum atomic E-state index is -3.72. The van der Waals surface area contributed by atoms with Crippen LogP contribution in [-0.4, -0.2) is 56.3 Å². The summed E-state index contributed by atoms with van der Waals surface area (Å²) < 4.78 is 34.2. The van der Waals surface area contributed by atoms with E-state index in [-0.39, 0.29) is 11.9 Å². The maximum atomic E-state index is 13.1. The highest BCUT2D eigenvalue weighted by Crippen LogP contribution is 2.31. The molecule has 2 aliphatic rings. The van der Waals surface area contributed by atoms with Gasteiger partial charge in [-0.15, -0.1) is 0 Å². The first-order valence-electron chi connectivity index (χ1n) is 9.03. The molecule has 0 radical (unpaired) electrons. The molecule has 0 spiro atoms. The summed E-state index contributed by atoms with van der Waals surface area (Å²) in [5.41, 5.74) is 0.826. The number of carbonyl (C=O) groups excluding carboxylic acids is 1. The summed E-state index contributed by atoms with van der Waals surface area (Å²) in [7, 11) is -0.659. The number of ether oxygens (including phenoxy) is 1. The summed E-state index contributed by atoms with van der Waals surface area (Å²) in [6.07, 6.45) is 3.46. The van der Waals surface area contributed by atoms with E-state index in [2.05, 4.69) is 4.72 Å². The van der Waals surface area contributed by atoms with E-state index in [4.69, 9.17) is 4.74 Å². The molecule has 0 saturated carbocycles. The highest BCUT2D eigenvalue weighted by atomic mass is 32.2. The summed E-state index contributed by atoms with van der Waals surface area (Å²) in [6.45, 7) is 2.73. The Morgan fingerprint density at radius 1 is 1.23 bits per heavy atom. The van der Waals surface area contributed by atoms with Crippen LogP contribution in [0.2, 0.25) is 0 Å². The lowest BCUT2D eigenvalue weighted by atomic mass is 9.97. The number of rotatable bonds is 3. The Morgan fingerprint density at radius 3 is 2.54 bits per heavy atom. The SMILES string of the molecule is COc1ccc(C2CC(C(=O)N3CCCCC3C)N(C)S(=O)(=O)N2)cc1. The quantitative estimate of drug-likeness (QED) is 0.864. The minimum Gasteiger partial charge on any atom is -0.497 e. The van der Waals surface area contributed by atoms with Crippen LogP contribution < -0.4 is 9.46 Å². The van der Waals surface area contributed by atoms with Gasteiger partial charge >= 0.3 is 0 Å². The lowest BCUT2D eigenvalue weighted by molar-refractivity contribution is -0.139. The van der Waals surface area contributed by atoms with E-state index in [1.54, 1.807) is 19.2 Å². The van der Waals surface area contributed by atoms with E-state index in [0.717, 1.165) is 24.8 Å². The first-order valence-corrected chi connectivity index (χ1v) is 10.5. The van der Waals surface area contributed by atoms with Crippen LogP contribution in [0.5, 0.6) is 5.75 Å². The number of carbonyl (C=O) groups is 1. The smallest absolute Gasteiger partial charge is 0.280 e. The van der Waals surface area contributed by atoms with E-state index >= 15 is 0 Å². The van der Waals surface area contributed by atoms with Crippen molar-refractivity contribution >= 4 is 16.1 Å². The van der Waals surface area contributed by atoms with Crippen molar-refractivity contribution in [1.29, 1.82) is 0 Å². The second-order valence-electron chi connectivity index (χ2n) is 7.09. The Kier molecular flexibility index (Phi) is 5.55. The number of hydrogen-bond donors (Lipinski definition) is 1. The number of benzene rings is 1. The first kappa shape index (κ1) is 19.1. The number of hydrogen-bond acceptors (Lipinski definition) is 4. The first-order chi connectivity index (χ1) is 12.3. The molecule has 2 aliphatic heterocycles. The average molecular weight is 381 g/mol. The molecule has 1 amide bonds. The fraction of sp³-hybridized carbons (Fsp3) is 0.611. The van der Waals surface area contributed by atoms with Crippen LogP contribution in [0.3, 0.4) is 0 Å². The molecule has 26 heavy (non-hydrogen) atoms. The molecule has 3 rings (SSSR count). The lowest BCUT2D eigenvalue weighted by Crippen LogP contribution is -2.59. The zero-order valence-electron chi connectivity index (χ0n) is 15.5. The van der Waals surface area contributed by atoms with E-state index in [9.17, 15) is 13.2 Å². The summed E-state index contributed by atoms with van der Waals surface area (Å²) >= 11 is 0.